The van der Waals surface area contributed by atoms with Gasteiger partial charge >= 0.3 is 7.91 Å². The molecule has 0 aromatic heterocycles. The summed E-state index contributed by atoms with van der Waals surface area (Å²) in [5.41, 5.74) is -0.290. The van der Waals surface area contributed by atoms with Gasteiger partial charge < -0.3 is 0 Å². The Morgan fingerprint density at radius 1 is 1.67 bits per heavy atom. The van der Waals surface area contributed by atoms with Crippen LogP contribution in [0.3, 0.4) is 0 Å². The summed E-state index contributed by atoms with van der Waals surface area (Å²) in [7, 11) is -4.22. The fraction of sp³-hybridized carbons (Fsp3) is 0.714. The van der Waals surface area contributed by atoms with Gasteiger partial charge in [0.15, 0.2) is 0 Å². The minimum absolute atomic E-state index is 0.118. The monoisotopic (exact) mass is 194 g/mol. The van der Waals surface area contributed by atoms with Gasteiger partial charge in [-0.3, -0.25) is 9.05 Å². The van der Waals surface area contributed by atoms with Crippen LogP contribution in [0, 0.1) is 5.41 Å². The largest absolute Gasteiger partial charge is 0.513 e. The van der Waals surface area contributed by atoms with Gasteiger partial charge in [0, 0.05) is 5.41 Å². The lowest BCUT2D eigenvalue weighted by Crippen LogP contribution is -2.31. The van der Waals surface area contributed by atoms with Crippen molar-refractivity contribution in [2.45, 2.75) is 13.3 Å². The first-order chi connectivity index (χ1) is 5.47. The summed E-state index contributed by atoms with van der Waals surface area (Å²) in [6.07, 6.45) is 2.37. The van der Waals surface area contributed by atoms with Gasteiger partial charge in [-0.1, -0.05) is 13.0 Å². The summed E-state index contributed by atoms with van der Waals surface area (Å²) < 4.78 is 32.0. The highest BCUT2D eigenvalue weighted by atomic mass is 31.2. The van der Waals surface area contributed by atoms with E-state index >= 15 is 0 Å². The third-order valence-corrected chi connectivity index (χ3v) is 2.65. The van der Waals surface area contributed by atoms with Crippen molar-refractivity contribution in [2.24, 2.45) is 5.41 Å². The number of allylic oxidation sites excluding steroid dienone is 1. The van der Waals surface area contributed by atoms with E-state index in [1.165, 1.54) is 0 Å². The third-order valence-electron chi connectivity index (χ3n) is 1.77. The van der Waals surface area contributed by atoms with Crippen molar-refractivity contribution in [1.82, 2.24) is 0 Å². The van der Waals surface area contributed by atoms with E-state index in [9.17, 15) is 8.76 Å². The first-order valence-electron chi connectivity index (χ1n) is 3.67. The van der Waals surface area contributed by atoms with Crippen LogP contribution in [-0.2, 0) is 13.6 Å². The Morgan fingerprint density at radius 3 is 2.58 bits per heavy atom. The summed E-state index contributed by atoms with van der Waals surface area (Å²) in [5, 5.41) is 0. The summed E-state index contributed by atoms with van der Waals surface area (Å²) in [6, 6.07) is 0. The second kappa shape index (κ2) is 3.29. The molecule has 5 heteroatoms. The molecule has 1 fully saturated rings. The molecule has 0 amide bonds. The minimum Gasteiger partial charge on any atom is -0.283 e. The average molecular weight is 194 g/mol. The van der Waals surface area contributed by atoms with Crippen LogP contribution in [0.25, 0.3) is 0 Å². The van der Waals surface area contributed by atoms with Gasteiger partial charge in [0.05, 0.1) is 13.2 Å². The van der Waals surface area contributed by atoms with Crippen molar-refractivity contribution in [1.29, 1.82) is 0 Å². The third kappa shape index (κ3) is 2.41. The van der Waals surface area contributed by atoms with Gasteiger partial charge in [0.2, 0.25) is 0 Å². The lowest BCUT2D eigenvalue weighted by atomic mass is 9.89. The topological polar surface area (TPSA) is 35.5 Å². The highest BCUT2D eigenvalue weighted by molar-refractivity contribution is 7.48. The van der Waals surface area contributed by atoms with E-state index in [-0.39, 0.29) is 18.6 Å². The Balaban J connectivity index is 2.55. The molecule has 0 spiro atoms. The summed E-state index contributed by atoms with van der Waals surface area (Å²) in [5.74, 6) is 0. The SMILES string of the molecule is C=CCC1(C)COP(=O)(F)OC1. The second-order valence-corrected chi connectivity index (χ2v) is 4.66. The van der Waals surface area contributed by atoms with Crippen LogP contribution in [0.4, 0.5) is 4.20 Å². The molecule has 0 unspecified atom stereocenters. The second-order valence-electron chi connectivity index (χ2n) is 3.28. The molecule has 0 N–H and O–H groups in total. The molecule has 12 heavy (non-hydrogen) atoms. The Morgan fingerprint density at radius 2 is 2.17 bits per heavy atom. The lowest BCUT2D eigenvalue weighted by molar-refractivity contribution is 0.0170. The highest BCUT2D eigenvalue weighted by Gasteiger charge is 2.38. The van der Waals surface area contributed by atoms with Crippen LogP contribution in [0.1, 0.15) is 13.3 Å². The normalized spacial score (nSPS) is 42.5. The van der Waals surface area contributed by atoms with Gasteiger partial charge in [0.25, 0.3) is 0 Å². The van der Waals surface area contributed by atoms with Crippen LogP contribution in [0.5, 0.6) is 0 Å². The Labute approximate surface area is 71.2 Å². The zero-order valence-electron chi connectivity index (χ0n) is 6.96. The van der Waals surface area contributed by atoms with Gasteiger partial charge in [-0.25, -0.2) is 4.57 Å². The Bertz CT molecular complexity index is 217. The molecule has 1 aliphatic heterocycles. The molecule has 0 radical (unpaired) electrons. The molecule has 1 aliphatic rings. The number of hydrogen-bond acceptors (Lipinski definition) is 3. The average Bonchev–Trinajstić information content (AvgIpc) is 1.98. The van der Waals surface area contributed by atoms with E-state index in [0.717, 1.165) is 0 Å². The molecule has 3 nitrogen and oxygen atoms in total. The van der Waals surface area contributed by atoms with E-state index in [2.05, 4.69) is 15.6 Å². The number of rotatable bonds is 2. The fourth-order valence-electron chi connectivity index (χ4n) is 1.01. The van der Waals surface area contributed by atoms with Crippen molar-refractivity contribution < 1.29 is 17.8 Å². The number of hydrogen-bond donors (Lipinski definition) is 0. The van der Waals surface area contributed by atoms with Crippen LogP contribution in [0.15, 0.2) is 12.7 Å². The maximum Gasteiger partial charge on any atom is 0.513 e. The molecule has 1 rings (SSSR count). The minimum atomic E-state index is -4.22. The first kappa shape index (κ1) is 9.90. The molecule has 0 aromatic carbocycles. The zero-order chi connectivity index (χ0) is 9.24. The molecule has 70 valence electrons. The van der Waals surface area contributed by atoms with Crippen LogP contribution < -0.4 is 0 Å². The summed E-state index contributed by atoms with van der Waals surface area (Å²) in [4.78, 5) is 0. The maximum atomic E-state index is 12.5. The van der Waals surface area contributed by atoms with E-state index < -0.39 is 7.91 Å². The Hall–Kier alpha value is -0.180. The summed E-state index contributed by atoms with van der Waals surface area (Å²) >= 11 is 0. The van der Waals surface area contributed by atoms with Crippen molar-refractivity contribution in [3.8, 4) is 0 Å². The number of halogens is 1. The van der Waals surface area contributed by atoms with Crippen LogP contribution in [0.2, 0.25) is 0 Å². The molecule has 1 saturated heterocycles. The molecule has 0 bridgehead atoms. The smallest absolute Gasteiger partial charge is 0.283 e. The predicted octanol–water partition coefficient (Wildman–Crippen LogP) is 2.69. The van der Waals surface area contributed by atoms with Gasteiger partial charge in [-0.05, 0) is 6.42 Å². The van der Waals surface area contributed by atoms with E-state index in [0.29, 0.717) is 6.42 Å². The van der Waals surface area contributed by atoms with E-state index in [1.54, 1.807) is 6.08 Å². The maximum absolute atomic E-state index is 12.5. The van der Waals surface area contributed by atoms with Crippen molar-refractivity contribution in [3.05, 3.63) is 12.7 Å². The van der Waals surface area contributed by atoms with Gasteiger partial charge in [-0.2, -0.15) is 0 Å². The quantitative estimate of drug-likeness (QED) is 0.500. The summed E-state index contributed by atoms with van der Waals surface area (Å²) in [6.45, 7) is 5.67. The molecule has 0 saturated carbocycles. The van der Waals surface area contributed by atoms with Gasteiger partial charge in [-0.15, -0.1) is 10.8 Å². The predicted molar refractivity (Wildman–Crippen MR) is 43.5 cm³/mol. The first-order valence-corrected chi connectivity index (χ1v) is 5.10. The van der Waals surface area contributed by atoms with E-state index in [4.69, 9.17) is 0 Å². The molecular weight excluding hydrogens is 182 g/mol. The standard InChI is InChI=1S/C7H12FO3P/c1-3-4-7(2)5-10-12(8,9)11-6-7/h3H,1,4-6H2,2H3. The lowest BCUT2D eigenvalue weighted by Gasteiger charge is -2.32. The van der Waals surface area contributed by atoms with Crippen LogP contribution in [-0.4, -0.2) is 13.2 Å². The van der Waals surface area contributed by atoms with Crippen molar-refractivity contribution in [2.75, 3.05) is 13.2 Å². The zero-order valence-corrected chi connectivity index (χ0v) is 7.85. The highest BCUT2D eigenvalue weighted by Crippen LogP contribution is 2.55. The molecule has 0 atom stereocenters. The van der Waals surface area contributed by atoms with E-state index in [1.807, 2.05) is 6.92 Å². The molecule has 1 heterocycles. The van der Waals surface area contributed by atoms with Crippen molar-refractivity contribution in [3.63, 3.8) is 0 Å². The molecule has 0 aromatic rings. The molecular formula is C7H12FO3P. The Kier molecular flexibility index (Phi) is 2.71. The van der Waals surface area contributed by atoms with Crippen LogP contribution >= 0.6 is 7.91 Å². The molecule has 0 aliphatic carbocycles. The van der Waals surface area contributed by atoms with Gasteiger partial charge in [0.1, 0.15) is 0 Å². The van der Waals surface area contributed by atoms with Crippen molar-refractivity contribution >= 4 is 7.91 Å². The fourth-order valence-corrected chi connectivity index (χ4v) is 2.02.